The molecule has 0 saturated heterocycles. The minimum atomic E-state index is 0.0447. The predicted molar refractivity (Wildman–Crippen MR) is 134 cm³/mol. The lowest BCUT2D eigenvalue weighted by atomic mass is 9.98. The lowest BCUT2D eigenvalue weighted by Crippen LogP contribution is -1.93. The van der Waals surface area contributed by atoms with Gasteiger partial charge in [-0.2, -0.15) is 5.26 Å². The zero-order valence-electron chi connectivity index (χ0n) is 19.6. The highest BCUT2D eigenvalue weighted by Crippen LogP contribution is 2.43. The van der Waals surface area contributed by atoms with Crippen LogP contribution >= 0.6 is 0 Å². The number of hydrogen-bond acceptors (Lipinski definition) is 7. The van der Waals surface area contributed by atoms with Crippen LogP contribution in [0.3, 0.4) is 0 Å². The first-order valence-electron chi connectivity index (χ1n) is 10.9. The lowest BCUT2D eigenvalue weighted by molar-refractivity contribution is 0.318. The number of ether oxygens (including phenoxy) is 3. The van der Waals surface area contributed by atoms with Crippen molar-refractivity contribution in [1.82, 2.24) is 0 Å². The van der Waals surface area contributed by atoms with Gasteiger partial charge in [-0.15, -0.1) is 0 Å². The third-order valence-electron chi connectivity index (χ3n) is 5.35. The molecule has 7 nitrogen and oxygen atoms in total. The molecular weight excluding hydrogens is 444 g/mol. The molecule has 0 spiro atoms. The maximum atomic E-state index is 10.1. The van der Waals surface area contributed by atoms with E-state index < -0.39 is 0 Å². The Bertz CT molecular complexity index is 1380. The van der Waals surface area contributed by atoms with Crippen LogP contribution in [0.2, 0.25) is 0 Å². The third-order valence-corrected chi connectivity index (χ3v) is 5.35. The van der Waals surface area contributed by atoms with E-state index in [1.807, 2.05) is 55.5 Å². The number of furan rings is 1. The largest absolute Gasteiger partial charge is 0.504 e. The van der Waals surface area contributed by atoms with E-state index in [0.29, 0.717) is 46.3 Å². The number of nitriles is 1. The minimum absolute atomic E-state index is 0.0447. The van der Waals surface area contributed by atoms with Gasteiger partial charge in [0.25, 0.3) is 0 Å². The van der Waals surface area contributed by atoms with Gasteiger partial charge in [0.2, 0.25) is 5.88 Å². The van der Waals surface area contributed by atoms with Gasteiger partial charge in [-0.05, 0) is 72.6 Å². The molecule has 3 aromatic carbocycles. The number of aromatic hydroxyl groups is 1. The van der Waals surface area contributed by atoms with Crippen LogP contribution in [0.5, 0.6) is 23.0 Å². The van der Waals surface area contributed by atoms with E-state index in [2.05, 4.69) is 11.1 Å². The molecule has 4 rings (SSSR count). The summed E-state index contributed by atoms with van der Waals surface area (Å²) >= 11 is 0. The van der Waals surface area contributed by atoms with Crippen LogP contribution in [-0.4, -0.2) is 32.1 Å². The van der Waals surface area contributed by atoms with Crippen LogP contribution < -0.4 is 14.2 Å². The van der Waals surface area contributed by atoms with Gasteiger partial charge in [0.05, 0.1) is 20.8 Å². The zero-order valence-corrected chi connectivity index (χ0v) is 19.6. The lowest BCUT2D eigenvalue weighted by Gasteiger charge is -2.06. The van der Waals surface area contributed by atoms with E-state index in [9.17, 15) is 10.4 Å². The third kappa shape index (κ3) is 4.97. The molecule has 7 heteroatoms. The number of rotatable bonds is 8. The van der Waals surface area contributed by atoms with E-state index in [1.54, 1.807) is 32.6 Å². The number of hydrogen-bond donors (Lipinski definition) is 1. The molecule has 0 saturated carbocycles. The van der Waals surface area contributed by atoms with Crippen molar-refractivity contribution in [3.63, 3.8) is 0 Å². The molecule has 0 radical (unpaired) electrons. The molecule has 176 valence electrons. The van der Waals surface area contributed by atoms with E-state index in [-0.39, 0.29) is 11.6 Å². The number of methoxy groups -OCH3 is 2. The highest BCUT2D eigenvalue weighted by molar-refractivity contribution is 5.90. The molecule has 0 aliphatic rings. The fourth-order valence-corrected chi connectivity index (χ4v) is 3.61. The molecule has 0 aliphatic carbocycles. The Hall–Kier alpha value is -4.70. The first kappa shape index (κ1) is 23.5. The molecule has 1 heterocycles. The number of aliphatic imine (C=N–C) groups is 1. The zero-order chi connectivity index (χ0) is 24.8. The second-order valence-electron chi connectivity index (χ2n) is 7.47. The van der Waals surface area contributed by atoms with Crippen LogP contribution in [0.4, 0.5) is 5.88 Å². The van der Waals surface area contributed by atoms with E-state index >= 15 is 0 Å². The monoisotopic (exact) mass is 468 g/mol. The molecule has 1 aromatic heterocycles. The second kappa shape index (κ2) is 10.5. The van der Waals surface area contributed by atoms with Crippen LogP contribution in [0, 0.1) is 11.3 Å². The van der Waals surface area contributed by atoms with Crippen molar-refractivity contribution in [2.75, 3.05) is 20.8 Å². The number of phenolic OH excluding ortho intramolecular Hbond substituents is 1. The molecule has 0 fully saturated rings. The fourth-order valence-electron chi connectivity index (χ4n) is 3.61. The van der Waals surface area contributed by atoms with Gasteiger partial charge in [0.1, 0.15) is 28.9 Å². The Labute approximate surface area is 203 Å². The van der Waals surface area contributed by atoms with E-state index in [1.165, 1.54) is 6.07 Å². The van der Waals surface area contributed by atoms with Crippen molar-refractivity contribution in [2.45, 2.75) is 6.92 Å². The average molecular weight is 469 g/mol. The molecular formula is C28H24N2O5. The van der Waals surface area contributed by atoms with E-state index in [4.69, 9.17) is 18.6 Å². The molecule has 35 heavy (non-hydrogen) atoms. The summed E-state index contributed by atoms with van der Waals surface area (Å²) in [6.45, 7) is 2.25. The first-order chi connectivity index (χ1) is 17.1. The molecule has 0 amide bonds. The minimum Gasteiger partial charge on any atom is -0.504 e. The van der Waals surface area contributed by atoms with Gasteiger partial charge in [-0.1, -0.05) is 12.1 Å². The quantitative estimate of drug-likeness (QED) is 0.302. The molecule has 0 atom stereocenters. The Morgan fingerprint density at radius 3 is 2.14 bits per heavy atom. The summed E-state index contributed by atoms with van der Waals surface area (Å²) in [4.78, 5) is 4.48. The summed E-state index contributed by atoms with van der Waals surface area (Å²) in [5.74, 6) is 2.51. The Balaban J connectivity index is 1.83. The normalized spacial score (nSPS) is 10.8. The van der Waals surface area contributed by atoms with Crippen LogP contribution in [-0.2, 0) is 0 Å². The van der Waals surface area contributed by atoms with Gasteiger partial charge in [0, 0.05) is 17.3 Å². The molecule has 1 N–H and O–H groups in total. The average Bonchev–Trinajstić information content (AvgIpc) is 3.27. The summed E-state index contributed by atoms with van der Waals surface area (Å²) in [6.07, 6.45) is 1.57. The van der Waals surface area contributed by atoms with Gasteiger partial charge < -0.3 is 23.7 Å². The van der Waals surface area contributed by atoms with Gasteiger partial charge in [-0.3, -0.25) is 0 Å². The summed E-state index contributed by atoms with van der Waals surface area (Å²) < 4.78 is 22.1. The molecule has 4 aromatic rings. The summed E-state index contributed by atoms with van der Waals surface area (Å²) in [6, 6.07) is 22.0. The highest BCUT2D eigenvalue weighted by Gasteiger charge is 2.23. The maximum Gasteiger partial charge on any atom is 0.238 e. The Kier molecular flexibility index (Phi) is 7.03. The van der Waals surface area contributed by atoms with Crippen molar-refractivity contribution in [3.8, 4) is 51.5 Å². The smallest absolute Gasteiger partial charge is 0.238 e. The van der Waals surface area contributed by atoms with Crippen molar-refractivity contribution in [3.05, 3.63) is 77.9 Å². The topological polar surface area (TPSA) is 97.2 Å². The first-order valence-corrected chi connectivity index (χ1v) is 10.9. The maximum absolute atomic E-state index is 10.1. The van der Waals surface area contributed by atoms with Gasteiger partial charge in [0.15, 0.2) is 11.5 Å². The SMILES string of the molecule is CCOc1cc(/C=N/c2oc(-c3ccc(OC)cc3)c(-c3ccc(OC)cc3)c2C#N)ccc1O. The number of nitrogens with zero attached hydrogens (tertiary/aromatic N) is 2. The van der Waals surface area contributed by atoms with Gasteiger partial charge >= 0.3 is 0 Å². The van der Waals surface area contributed by atoms with Crippen molar-refractivity contribution >= 4 is 12.1 Å². The second-order valence-corrected chi connectivity index (χ2v) is 7.47. The summed E-state index contributed by atoms with van der Waals surface area (Å²) in [5.41, 5.74) is 3.19. The Morgan fingerprint density at radius 2 is 1.57 bits per heavy atom. The standard InChI is InChI=1S/C28H24N2O5/c1-4-34-25-15-18(5-14-24(25)31)17-30-28-23(16-29)26(19-6-10-21(32-2)11-7-19)27(35-28)20-8-12-22(33-3)13-9-20/h5-15,17,31H,4H2,1-3H3/b30-17+. The van der Waals surface area contributed by atoms with Gasteiger partial charge in [-0.25, -0.2) is 4.99 Å². The van der Waals surface area contributed by atoms with Crippen LogP contribution in [0.15, 0.2) is 76.1 Å². The highest BCUT2D eigenvalue weighted by atomic mass is 16.5. The molecule has 0 aliphatic heterocycles. The Morgan fingerprint density at radius 1 is 0.943 bits per heavy atom. The van der Waals surface area contributed by atoms with Crippen LogP contribution in [0.25, 0.3) is 22.5 Å². The fraction of sp³-hybridized carbons (Fsp3) is 0.143. The predicted octanol–water partition coefficient (Wildman–Crippen LogP) is 6.36. The summed E-state index contributed by atoms with van der Waals surface area (Å²) in [7, 11) is 3.20. The van der Waals surface area contributed by atoms with E-state index in [0.717, 1.165) is 11.1 Å². The number of phenols is 1. The van der Waals surface area contributed by atoms with Crippen molar-refractivity contribution in [1.29, 1.82) is 5.26 Å². The molecule has 0 unspecified atom stereocenters. The number of benzene rings is 3. The summed E-state index contributed by atoms with van der Waals surface area (Å²) in [5, 5.41) is 20.0. The van der Waals surface area contributed by atoms with Crippen molar-refractivity contribution < 1.29 is 23.7 Å². The molecule has 0 bridgehead atoms. The van der Waals surface area contributed by atoms with Crippen LogP contribution in [0.1, 0.15) is 18.1 Å². The van der Waals surface area contributed by atoms with Crippen molar-refractivity contribution in [2.24, 2.45) is 4.99 Å².